The summed E-state index contributed by atoms with van der Waals surface area (Å²) in [5, 5.41) is 18.2. The van der Waals surface area contributed by atoms with Crippen LogP contribution in [0.3, 0.4) is 0 Å². The van der Waals surface area contributed by atoms with Crippen LogP contribution in [0.2, 0.25) is 0 Å². The fourth-order valence-corrected chi connectivity index (χ4v) is 4.06. The van der Waals surface area contributed by atoms with Crippen LogP contribution in [0, 0.1) is 18.3 Å². The fraction of sp³-hybridized carbons (Fsp3) is 0.455. The molecular formula is C22H22F6N6O2. The van der Waals surface area contributed by atoms with Gasteiger partial charge in [0.1, 0.15) is 12.6 Å². The Balaban J connectivity index is 1.77. The smallest absolute Gasteiger partial charge is 0.380 e. The molecule has 14 heteroatoms. The van der Waals surface area contributed by atoms with Crippen LogP contribution in [0.5, 0.6) is 0 Å². The first-order valence-corrected chi connectivity index (χ1v) is 10.7. The van der Waals surface area contributed by atoms with Gasteiger partial charge in [-0.2, -0.15) is 36.7 Å². The number of aromatic nitrogens is 2. The van der Waals surface area contributed by atoms with Crippen molar-refractivity contribution < 1.29 is 35.9 Å². The maximum absolute atomic E-state index is 13.5. The number of aryl methyl sites for hydroxylation is 1. The summed E-state index contributed by atoms with van der Waals surface area (Å²) in [6.45, 7) is 1.57. The van der Waals surface area contributed by atoms with Gasteiger partial charge in [0, 0.05) is 44.0 Å². The molecule has 2 heterocycles. The zero-order valence-corrected chi connectivity index (χ0v) is 19.2. The largest absolute Gasteiger partial charge is 0.417 e. The molecule has 36 heavy (non-hydrogen) atoms. The number of anilines is 1. The van der Waals surface area contributed by atoms with Gasteiger partial charge in [-0.25, -0.2) is 0 Å². The van der Waals surface area contributed by atoms with E-state index in [4.69, 9.17) is 5.26 Å². The normalized spacial score (nSPS) is 18.5. The first kappa shape index (κ1) is 26.8. The van der Waals surface area contributed by atoms with Crippen LogP contribution in [0.1, 0.15) is 40.4 Å². The SMILES string of the molecule is CC(=O)N1C[C@@H](NC(=O)c2cnn(CC(F)(F)F)c2)C[C@@H](Nc2cc(C)c(C#N)c(C(F)(F)F)c2)C1. The molecule has 1 fully saturated rings. The summed E-state index contributed by atoms with van der Waals surface area (Å²) in [4.78, 5) is 26.0. The van der Waals surface area contributed by atoms with E-state index in [1.54, 1.807) is 6.07 Å². The van der Waals surface area contributed by atoms with E-state index >= 15 is 0 Å². The average Bonchev–Trinajstić information content (AvgIpc) is 3.19. The number of hydrogen-bond donors (Lipinski definition) is 2. The van der Waals surface area contributed by atoms with E-state index in [1.165, 1.54) is 24.8 Å². The Labute approximate surface area is 201 Å². The first-order valence-electron chi connectivity index (χ1n) is 10.7. The molecule has 2 aromatic rings. The predicted molar refractivity (Wildman–Crippen MR) is 115 cm³/mol. The molecule has 0 aliphatic carbocycles. The van der Waals surface area contributed by atoms with Crippen molar-refractivity contribution in [1.82, 2.24) is 20.0 Å². The molecule has 0 bridgehead atoms. The van der Waals surface area contributed by atoms with E-state index in [0.29, 0.717) is 4.68 Å². The third-order valence-corrected chi connectivity index (χ3v) is 5.59. The number of likely N-dealkylation sites (tertiary alicyclic amines) is 1. The van der Waals surface area contributed by atoms with Gasteiger partial charge in [0.2, 0.25) is 5.91 Å². The van der Waals surface area contributed by atoms with Crippen molar-refractivity contribution >= 4 is 17.5 Å². The summed E-state index contributed by atoms with van der Waals surface area (Å²) in [6, 6.07) is 2.58. The van der Waals surface area contributed by atoms with Gasteiger partial charge in [0.25, 0.3) is 5.91 Å². The number of benzene rings is 1. The molecule has 0 unspecified atom stereocenters. The maximum atomic E-state index is 13.5. The highest BCUT2D eigenvalue weighted by Crippen LogP contribution is 2.35. The predicted octanol–water partition coefficient (Wildman–Crippen LogP) is 3.48. The van der Waals surface area contributed by atoms with Gasteiger partial charge < -0.3 is 15.5 Å². The summed E-state index contributed by atoms with van der Waals surface area (Å²) in [5.74, 6) is -1.03. The lowest BCUT2D eigenvalue weighted by Crippen LogP contribution is -2.55. The van der Waals surface area contributed by atoms with Crippen LogP contribution in [0.4, 0.5) is 32.0 Å². The monoisotopic (exact) mass is 516 g/mol. The van der Waals surface area contributed by atoms with Crippen LogP contribution in [0.25, 0.3) is 0 Å². The molecule has 0 spiro atoms. The number of hydrogen-bond acceptors (Lipinski definition) is 5. The molecule has 1 aliphatic heterocycles. The number of carbonyl (C=O) groups is 2. The van der Waals surface area contributed by atoms with E-state index in [0.717, 1.165) is 18.5 Å². The van der Waals surface area contributed by atoms with Gasteiger partial charge in [-0.1, -0.05) is 0 Å². The molecule has 0 saturated carbocycles. The Morgan fingerprint density at radius 1 is 1.17 bits per heavy atom. The minimum absolute atomic E-state index is 0.0905. The lowest BCUT2D eigenvalue weighted by molar-refractivity contribution is -0.142. The summed E-state index contributed by atoms with van der Waals surface area (Å²) in [5.41, 5.74) is -1.48. The molecule has 2 amide bonds. The molecule has 8 nitrogen and oxygen atoms in total. The summed E-state index contributed by atoms with van der Waals surface area (Å²) in [7, 11) is 0. The van der Waals surface area contributed by atoms with Gasteiger partial charge in [0.15, 0.2) is 0 Å². The molecule has 2 atom stereocenters. The molecule has 2 N–H and O–H groups in total. The Morgan fingerprint density at radius 2 is 1.83 bits per heavy atom. The number of nitrogens with one attached hydrogen (secondary N) is 2. The van der Waals surface area contributed by atoms with Gasteiger partial charge in [-0.05, 0) is 31.0 Å². The highest BCUT2D eigenvalue weighted by Gasteiger charge is 2.36. The standard InChI is InChI=1S/C22H22F6N6O2/c1-12-3-15(5-19(18(12)6-29)22(26,27)28)31-16-4-17(10-33(9-16)13(2)35)32-20(36)14-7-30-34(8-14)11-21(23,24)25/h3,5,7-8,16-17,31H,4,9-11H2,1-2H3,(H,32,36)/t16-,17+/m1/s1. The van der Waals surface area contributed by atoms with E-state index in [1.807, 2.05) is 0 Å². The second kappa shape index (κ2) is 10.1. The number of piperidine rings is 1. The average molecular weight is 516 g/mol. The molecule has 0 radical (unpaired) electrons. The number of amides is 2. The lowest BCUT2D eigenvalue weighted by atomic mass is 9.98. The van der Waals surface area contributed by atoms with E-state index < -0.39 is 48.0 Å². The van der Waals surface area contributed by atoms with Crippen LogP contribution in [-0.4, -0.2) is 57.8 Å². The molecular weight excluding hydrogens is 494 g/mol. The highest BCUT2D eigenvalue weighted by atomic mass is 19.4. The fourth-order valence-electron chi connectivity index (χ4n) is 4.06. The second-order valence-corrected chi connectivity index (χ2v) is 8.54. The Morgan fingerprint density at radius 3 is 2.42 bits per heavy atom. The van der Waals surface area contributed by atoms with E-state index in [9.17, 15) is 35.9 Å². The quantitative estimate of drug-likeness (QED) is 0.593. The van der Waals surface area contributed by atoms with Crippen molar-refractivity contribution in [2.75, 3.05) is 18.4 Å². The molecule has 1 aliphatic rings. The van der Waals surface area contributed by atoms with Crippen molar-refractivity contribution in [2.45, 2.75) is 51.2 Å². The zero-order valence-electron chi connectivity index (χ0n) is 19.2. The topological polar surface area (TPSA) is 103 Å². The minimum atomic E-state index is -4.75. The van der Waals surface area contributed by atoms with Crippen LogP contribution >= 0.6 is 0 Å². The van der Waals surface area contributed by atoms with Crippen molar-refractivity contribution in [3.05, 3.63) is 46.8 Å². The minimum Gasteiger partial charge on any atom is -0.380 e. The molecule has 1 aromatic heterocycles. The first-order chi connectivity index (χ1) is 16.7. The number of nitrogens with zero attached hydrogens (tertiary/aromatic N) is 4. The molecule has 1 aromatic carbocycles. The zero-order chi connectivity index (χ0) is 26.8. The molecule has 3 rings (SSSR count). The number of rotatable bonds is 5. The van der Waals surface area contributed by atoms with Crippen molar-refractivity contribution in [2.24, 2.45) is 0 Å². The Hall–Kier alpha value is -3.76. The Kier molecular flexibility index (Phi) is 7.51. The van der Waals surface area contributed by atoms with Crippen molar-refractivity contribution in [3.63, 3.8) is 0 Å². The summed E-state index contributed by atoms with van der Waals surface area (Å²) in [6.07, 6.45) is -7.12. The third-order valence-electron chi connectivity index (χ3n) is 5.59. The molecule has 194 valence electrons. The summed E-state index contributed by atoms with van der Waals surface area (Å²) >= 11 is 0. The Bertz CT molecular complexity index is 1180. The highest BCUT2D eigenvalue weighted by molar-refractivity contribution is 5.94. The second-order valence-electron chi connectivity index (χ2n) is 8.54. The van der Waals surface area contributed by atoms with Crippen LogP contribution < -0.4 is 10.6 Å². The molecule has 1 saturated heterocycles. The van der Waals surface area contributed by atoms with Gasteiger partial charge in [0.05, 0.1) is 22.9 Å². The summed E-state index contributed by atoms with van der Waals surface area (Å²) < 4.78 is 78.6. The van der Waals surface area contributed by atoms with Crippen LogP contribution in [-0.2, 0) is 17.5 Å². The third kappa shape index (κ3) is 6.67. The number of halogens is 6. The number of alkyl halides is 6. The van der Waals surface area contributed by atoms with E-state index in [-0.39, 0.29) is 42.2 Å². The number of nitriles is 1. The lowest BCUT2D eigenvalue weighted by Gasteiger charge is -2.38. The van der Waals surface area contributed by atoms with Gasteiger partial charge in [-0.3, -0.25) is 14.3 Å². The van der Waals surface area contributed by atoms with Crippen LogP contribution in [0.15, 0.2) is 24.5 Å². The van der Waals surface area contributed by atoms with Crippen molar-refractivity contribution in [1.29, 1.82) is 5.26 Å². The van der Waals surface area contributed by atoms with Gasteiger partial charge >= 0.3 is 12.4 Å². The van der Waals surface area contributed by atoms with Gasteiger partial charge in [-0.15, -0.1) is 0 Å². The van der Waals surface area contributed by atoms with E-state index in [2.05, 4.69) is 15.7 Å². The number of carbonyl (C=O) groups excluding carboxylic acids is 2. The van der Waals surface area contributed by atoms with Crippen molar-refractivity contribution in [3.8, 4) is 6.07 Å². The maximum Gasteiger partial charge on any atom is 0.417 e.